The number of para-hydroxylation sites is 1. The molecule has 0 aliphatic carbocycles. The number of carbonyl (C=O) groups excluding carboxylic acids is 1. The van der Waals surface area contributed by atoms with Crippen molar-refractivity contribution in [2.75, 3.05) is 7.05 Å². The third-order valence-electron chi connectivity index (χ3n) is 7.03. The predicted molar refractivity (Wildman–Crippen MR) is 105 cm³/mol. The van der Waals surface area contributed by atoms with Crippen molar-refractivity contribution in [3.05, 3.63) is 35.5 Å². The second-order valence-electron chi connectivity index (χ2n) is 8.49. The van der Waals surface area contributed by atoms with Crippen molar-refractivity contribution < 1.29 is 4.79 Å². The van der Waals surface area contributed by atoms with E-state index in [4.69, 9.17) is 0 Å². The zero-order valence-electron chi connectivity index (χ0n) is 15.7. The van der Waals surface area contributed by atoms with E-state index in [9.17, 15) is 4.79 Å². The van der Waals surface area contributed by atoms with Gasteiger partial charge in [-0.05, 0) is 58.1 Å². The maximum atomic E-state index is 13.3. The zero-order chi connectivity index (χ0) is 17.7. The molecule has 0 saturated carbocycles. The van der Waals surface area contributed by atoms with Gasteiger partial charge in [-0.2, -0.15) is 0 Å². The molecule has 2 unspecified atom stereocenters. The highest BCUT2D eigenvalue weighted by atomic mass is 16.1. The number of amides is 1. The van der Waals surface area contributed by atoms with Crippen molar-refractivity contribution in [1.82, 2.24) is 14.8 Å². The average molecular weight is 351 g/mol. The van der Waals surface area contributed by atoms with Gasteiger partial charge in [-0.25, -0.2) is 0 Å². The fourth-order valence-corrected chi connectivity index (χ4v) is 5.68. The average Bonchev–Trinajstić information content (AvgIpc) is 2.97. The molecule has 26 heavy (non-hydrogen) atoms. The number of aromatic nitrogens is 1. The highest BCUT2D eigenvalue weighted by Gasteiger charge is 2.37. The summed E-state index contributed by atoms with van der Waals surface area (Å²) in [5.74, 6) is 0.157. The summed E-state index contributed by atoms with van der Waals surface area (Å²) in [4.78, 5) is 15.9. The Morgan fingerprint density at radius 3 is 2.65 bits per heavy atom. The summed E-state index contributed by atoms with van der Waals surface area (Å²) < 4.78 is 2.39. The van der Waals surface area contributed by atoms with E-state index in [1.165, 1.54) is 43.3 Å². The van der Waals surface area contributed by atoms with Crippen LogP contribution in [0.25, 0.3) is 10.9 Å². The second-order valence-corrected chi connectivity index (χ2v) is 8.49. The highest BCUT2D eigenvalue weighted by molar-refractivity contribution is 6.08. The van der Waals surface area contributed by atoms with E-state index in [1.54, 1.807) is 0 Å². The summed E-state index contributed by atoms with van der Waals surface area (Å²) in [6.45, 7) is 1.04. The van der Waals surface area contributed by atoms with Crippen LogP contribution in [0.2, 0.25) is 0 Å². The van der Waals surface area contributed by atoms with E-state index in [2.05, 4.69) is 46.1 Å². The number of fused-ring (bicyclic) bond motifs is 5. The first-order chi connectivity index (χ1) is 12.7. The maximum absolute atomic E-state index is 13.3. The van der Waals surface area contributed by atoms with Crippen molar-refractivity contribution in [2.45, 2.75) is 76.0 Å². The standard InChI is InChI=1S/C22H29N3O/c1-24-16-7-6-8-17(24)14-15(13-16)23-22(26)21-18-9-2-3-10-19(18)25-12-5-4-11-20(21)25/h2-3,9-10,15-17H,4-8,11-14H2,1H3,(H,23,26). The Hall–Kier alpha value is -1.81. The summed E-state index contributed by atoms with van der Waals surface area (Å²) in [5, 5.41) is 4.57. The predicted octanol–water partition coefficient (Wildman–Crippen LogP) is 3.72. The monoisotopic (exact) mass is 351 g/mol. The van der Waals surface area contributed by atoms with Crippen LogP contribution in [0, 0.1) is 0 Å². The van der Waals surface area contributed by atoms with Crippen LogP contribution in [0.5, 0.6) is 0 Å². The van der Waals surface area contributed by atoms with Crippen LogP contribution in [-0.4, -0.2) is 40.5 Å². The van der Waals surface area contributed by atoms with Gasteiger partial charge in [0.05, 0.1) is 5.56 Å². The number of carbonyl (C=O) groups is 1. The van der Waals surface area contributed by atoms with Crippen LogP contribution in [0.15, 0.2) is 24.3 Å². The summed E-state index contributed by atoms with van der Waals surface area (Å²) >= 11 is 0. The molecule has 3 aliphatic heterocycles. The molecular formula is C22H29N3O. The summed E-state index contributed by atoms with van der Waals surface area (Å²) in [7, 11) is 2.27. The molecule has 3 aliphatic rings. The molecule has 0 radical (unpaired) electrons. The Balaban J connectivity index is 1.44. The van der Waals surface area contributed by atoms with Crippen LogP contribution in [-0.2, 0) is 13.0 Å². The molecule has 2 bridgehead atoms. The minimum Gasteiger partial charge on any atom is -0.349 e. The number of hydrogen-bond donors (Lipinski definition) is 1. The number of hydrogen-bond acceptors (Lipinski definition) is 2. The minimum atomic E-state index is 0.157. The molecule has 2 fully saturated rings. The van der Waals surface area contributed by atoms with Gasteiger partial charge in [0.2, 0.25) is 0 Å². The minimum absolute atomic E-state index is 0.157. The van der Waals surface area contributed by atoms with E-state index in [1.807, 2.05) is 0 Å². The van der Waals surface area contributed by atoms with Crippen LogP contribution in [0.4, 0.5) is 0 Å². The highest BCUT2D eigenvalue weighted by Crippen LogP contribution is 2.34. The van der Waals surface area contributed by atoms with Gasteiger partial charge >= 0.3 is 0 Å². The van der Waals surface area contributed by atoms with E-state index < -0.39 is 0 Å². The van der Waals surface area contributed by atoms with Gasteiger partial charge in [0, 0.05) is 41.3 Å². The van der Waals surface area contributed by atoms with Crippen LogP contribution in [0.3, 0.4) is 0 Å². The first kappa shape index (κ1) is 16.4. The molecule has 0 spiro atoms. The quantitative estimate of drug-likeness (QED) is 0.895. The molecular weight excluding hydrogens is 322 g/mol. The number of piperidine rings is 2. The maximum Gasteiger partial charge on any atom is 0.253 e. The lowest BCUT2D eigenvalue weighted by molar-refractivity contribution is 0.0463. The lowest BCUT2D eigenvalue weighted by Crippen LogP contribution is -2.55. The Kier molecular flexibility index (Phi) is 4.04. The van der Waals surface area contributed by atoms with Crippen molar-refractivity contribution in [2.24, 2.45) is 0 Å². The third kappa shape index (κ3) is 2.58. The molecule has 4 heteroatoms. The van der Waals surface area contributed by atoms with Gasteiger partial charge in [-0.15, -0.1) is 0 Å². The molecule has 2 aromatic rings. The number of rotatable bonds is 2. The first-order valence-corrected chi connectivity index (χ1v) is 10.4. The molecule has 2 atom stereocenters. The smallest absolute Gasteiger partial charge is 0.253 e. The lowest BCUT2D eigenvalue weighted by Gasteiger charge is -2.47. The van der Waals surface area contributed by atoms with Gasteiger partial charge in [-0.3, -0.25) is 4.79 Å². The molecule has 1 amide bonds. The molecule has 1 N–H and O–H groups in total. The van der Waals surface area contributed by atoms with Crippen molar-refractivity contribution >= 4 is 16.8 Å². The molecule has 1 aromatic carbocycles. The van der Waals surface area contributed by atoms with Crippen LogP contribution < -0.4 is 5.32 Å². The summed E-state index contributed by atoms with van der Waals surface area (Å²) in [6.07, 6.45) is 9.54. The fraction of sp³-hybridized carbons (Fsp3) is 0.591. The fourth-order valence-electron chi connectivity index (χ4n) is 5.68. The number of nitrogens with zero attached hydrogens (tertiary/aromatic N) is 2. The summed E-state index contributed by atoms with van der Waals surface area (Å²) in [6, 6.07) is 10.1. The van der Waals surface area contributed by atoms with Gasteiger partial charge in [0.15, 0.2) is 0 Å². The number of aryl methyl sites for hydroxylation is 1. The van der Waals surface area contributed by atoms with E-state index in [0.717, 1.165) is 36.8 Å². The molecule has 2 saturated heterocycles. The van der Waals surface area contributed by atoms with Crippen LogP contribution in [0.1, 0.15) is 61.0 Å². The molecule has 4 nitrogen and oxygen atoms in total. The first-order valence-electron chi connectivity index (χ1n) is 10.4. The van der Waals surface area contributed by atoms with Crippen molar-refractivity contribution in [1.29, 1.82) is 0 Å². The van der Waals surface area contributed by atoms with Gasteiger partial charge in [-0.1, -0.05) is 24.6 Å². The lowest BCUT2D eigenvalue weighted by atomic mass is 9.82. The van der Waals surface area contributed by atoms with Gasteiger partial charge in [0.1, 0.15) is 0 Å². The molecule has 138 valence electrons. The van der Waals surface area contributed by atoms with E-state index in [-0.39, 0.29) is 5.91 Å². The largest absolute Gasteiger partial charge is 0.349 e. The Labute approximate surface area is 155 Å². The van der Waals surface area contributed by atoms with E-state index in [0.29, 0.717) is 18.1 Å². The van der Waals surface area contributed by atoms with Crippen molar-refractivity contribution in [3.8, 4) is 0 Å². The number of nitrogens with one attached hydrogen (secondary N) is 1. The third-order valence-corrected chi connectivity index (χ3v) is 7.03. The number of benzene rings is 1. The van der Waals surface area contributed by atoms with E-state index >= 15 is 0 Å². The Morgan fingerprint density at radius 1 is 1.08 bits per heavy atom. The molecule has 1 aromatic heterocycles. The van der Waals surface area contributed by atoms with Crippen molar-refractivity contribution in [3.63, 3.8) is 0 Å². The molecule has 4 heterocycles. The Bertz CT molecular complexity index is 825. The molecule has 5 rings (SSSR count). The summed E-state index contributed by atoms with van der Waals surface area (Å²) in [5.41, 5.74) is 3.43. The topological polar surface area (TPSA) is 37.3 Å². The van der Waals surface area contributed by atoms with Gasteiger partial charge in [0.25, 0.3) is 5.91 Å². The SMILES string of the molecule is CN1C2CCCC1CC(NC(=O)c1c3n(c4ccccc14)CCCC3)C2. The Morgan fingerprint density at radius 2 is 1.85 bits per heavy atom. The second kappa shape index (κ2) is 6.41. The zero-order valence-corrected chi connectivity index (χ0v) is 15.7. The normalized spacial score (nSPS) is 28.7. The van der Waals surface area contributed by atoms with Gasteiger partial charge < -0.3 is 14.8 Å². The van der Waals surface area contributed by atoms with Crippen LogP contribution >= 0.6 is 0 Å².